The average molecular weight is 206 g/mol. The molecule has 0 saturated carbocycles. The first-order chi connectivity index (χ1) is 6.22. The molecule has 0 rings (SSSR count). The van der Waals surface area contributed by atoms with Crippen LogP contribution in [0.25, 0.3) is 0 Å². The summed E-state index contributed by atoms with van der Waals surface area (Å²) in [6.07, 6.45) is 3.83. The summed E-state index contributed by atoms with van der Waals surface area (Å²) in [5.41, 5.74) is 0. The fraction of sp³-hybridized carbons (Fsp3) is 0.900. The third-order valence-corrected chi connectivity index (χ3v) is 1.29. The Morgan fingerprint density at radius 2 is 1.77 bits per heavy atom. The van der Waals surface area contributed by atoms with Gasteiger partial charge < -0.3 is 4.74 Å². The molecule has 0 aliphatic carbocycles. The first-order valence-corrected chi connectivity index (χ1v) is 5.62. The van der Waals surface area contributed by atoms with E-state index in [1.54, 1.807) is 0 Å². The van der Waals surface area contributed by atoms with Crippen molar-refractivity contribution in [3.63, 3.8) is 0 Å². The van der Waals surface area contributed by atoms with Crippen LogP contribution in [-0.2, 0) is 9.53 Å². The minimum atomic E-state index is -0.0593. The van der Waals surface area contributed by atoms with E-state index >= 15 is 0 Å². The zero-order valence-electron chi connectivity index (χ0n) is 9.01. The van der Waals surface area contributed by atoms with Crippen LogP contribution in [0.4, 0.5) is 0 Å². The highest BCUT2D eigenvalue weighted by molar-refractivity contribution is 7.80. The van der Waals surface area contributed by atoms with E-state index in [0.29, 0.717) is 13.0 Å². The van der Waals surface area contributed by atoms with Crippen LogP contribution >= 0.6 is 12.6 Å². The van der Waals surface area contributed by atoms with Crippen LogP contribution in [0.5, 0.6) is 0 Å². The molecule has 0 aromatic rings. The Balaban J connectivity index is 0. The van der Waals surface area contributed by atoms with E-state index in [0.717, 1.165) is 25.0 Å². The Morgan fingerprint density at radius 3 is 2.15 bits per heavy atom. The number of carbonyl (C=O) groups excluding carboxylic acids is 1. The molecule has 0 spiro atoms. The molecule has 0 aromatic heterocycles. The molecule has 0 aliphatic heterocycles. The monoisotopic (exact) mass is 206 g/mol. The number of hydrogen-bond acceptors (Lipinski definition) is 3. The maximum Gasteiger partial charge on any atom is 0.305 e. The average Bonchev–Trinajstić information content (AvgIpc) is 2.07. The number of esters is 1. The largest absolute Gasteiger partial charge is 0.466 e. The standard InChI is InChI=1S/C8H16O2.C2H6S/c1-3-5-6-7-8(9)10-4-2;1-2-3/h3-7H2,1-2H3;3H,2H2,1H3. The zero-order chi connectivity index (χ0) is 10.5. The van der Waals surface area contributed by atoms with Gasteiger partial charge in [0.2, 0.25) is 0 Å². The Kier molecular flexibility index (Phi) is 16.9. The Labute approximate surface area is 87.5 Å². The molecule has 0 amide bonds. The van der Waals surface area contributed by atoms with E-state index in [9.17, 15) is 4.79 Å². The Hall–Kier alpha value is -0.180. The Morgan fingerprint density at radius 1 is 1.23 bits per heavy atom. The molecule has 80 valence electrons. The molecule has 0 unspecified atom stereocenters. The second-order valence-electron chi connectivity index (χ2n) is 2.58. The minimum absolute atomic E-state index is 0.0593. The predicted octanol–water partition coefficient (Wildman–Crippen LogP) is 3.07. The number of rotatable bonds is 5. The summed E-state index contributed by atoms with van der Waals surface area (Å²) in [6.45, 7) is 6.44. The van der Waals surface area contributed by atoms with Crippen LogP contribution < -0.4 is 0 Å². The van der Waals surface area contributed by atoms with Gasteiger partial charge in [0, 0.05) is 6.42 Å². The summed E-state index contributed by atoms with van der Waals surface area (Å²) in [7, 11) is 0. The van der Waals surface area contributed by atoms with Crippen molar-refractivity contribution >= 4 is 18.6 Å². The lowest BCUT2D eigenvalue weighted by Gasteiger charge is -1.99. The van der Waals surface area contributed by atoms with Gasteiger partial charge in [-0.15, -0.1) is 0 Å². The van der Waals surface area contributed by atoms with E-state index in [2.05, 4.69) is 19.6 Å². The molecule has 13 heavy (non-hydrogen) atoms. The molecule has 0 N–H and O–H groups in total. The van der Waals surface area contributed by atoms with Gasteiger partial charge in [0.1, 0.15) is 0 Å². The fourth-order valence-corrected chi connectivity index (χ4v) is 0.752. The number of thiol groups is 1. The molecule has 0 radical (unpaired) electrons. The normalized spacial score (nSPS) is 8.62. The summed E-state index contributed by atoms with van der Waals surface area (Å²) in [4.78, 5) is 10.7. The van der Waals surface area contributed by atoms with E-state index in [1.807, 2.05) is 13.8 Å². The summed E-state index contributed by atoms with van der Waals surface area (Å²) < 4.78 is 4.75. The van der Waals surface area contributed by atoms with Crippen molar-refractivity contribution < 1.29 is 9.53 Å². The molecule has 0 aromatic carbocycles. The Bertz CT molecular complexity index is 105. The molecule has 2 nitrogen and oxygen atoms in total. The van der Waals surface area contributed by atoms with Crippen molar-refractivity contribution in [3.8, 4) is 0 Å². The van der Waals surface area contributed by atoms with Gasteiger partial charge in [0.05, 0.1) is 6.61 Å². The van der Waals surface area contributed by atoms with E-state index < -0.39 is 0 Å². The lowest BCUT2D eigenvalue weighted by atomic mass is 10.2. The van der Waals surface area contributed by atoms with E-state index in [4.69, 9.17) is 4.74 Å². The van der Waals surface area contributed by atoms with Crippen molar-refractivity contribution in [3.05, 3.63) is 0 Å². The smallest absolute Gasteiger partial charge is 0.305 e. The quantitative estimate of drug-likeness (QED) is 0.425. The molecule has 0 atom stereocenters. The number of hydrogen-bond donors (Lipinski definition) is 1. The van der Waals surface area contributed by atoms with Crippen molar-refractivity contribution in [2.45, 2.75) is 46.5 Å². The predicted molar refractivity (Wildman–Crippen MR) is 60.3 cm³/mol. The summed E-state index contributed by atoms with van der Waals surface area (Å²) in [5.74, 6) is 0.885. The van der Waals surface area contributed by atoms with Crippen LogP contribution in [0.15, 0.2) is 0 Å². The van der Waals surface area contributed by atoms with Crippen LogP contribution in [0.3, 0.4) is 0 Å². The maximum atomic E-state index is 10.7. The summed E-state index contributed by atoms with van der Waals surface area (Å²) >= 11 is 3.79. The molecule has 3 heteroatoms. The lowest BCUT2D eigenvalue weighted by molar-refractivity contribution is -0.143. The van der Waals surface area contributed by atoms with Gasteiger partial charge in [-0.2, -0.15) is 12.6 Å². The second kappa shape index (κ2) is 14.3. The number of unbranched alkanes of at least 4 members (excludes halogenated alkanes) is 2. The van der Waals surface area contributed by atoms with Crippen molar-refractivity contribution in [2.24, 2.45) is 0 Å². The number of ether oxygens (including phenoxy) is 1. The highest BCUT2D eigenvalue weighted by atomic mass is 32.1. The van der Waals surface area contributed by atoms with Gasteiger partial charge >= 0.3 is 5.97 Å². The van der Waals surface area contributed by atoms with Crippen molar-refractivity contribution in [2.75, 3.05) is 12.4 Å². The first kappa shape index (κ1) is 15.3. The van der Waals surface area contributed by atoms with Gasteiger partial charge in [0.15, 0.2) is 0 Å². The first-order valence-electron chi connectivity index (χ1n) is 4.99. The highest BCUT2D eigenvalue weighted by Crippen LogP contribution is 1.99. The van der Waals surface area contributed by atoms with Crippen LogP contribution in [0.1, 0.15) is 46.5 Å². The molecule has 0 heterocycles. The van der Waals surface area contributed by atoms with Crippen molar-refractivity contribution in [1.82, 2.24) is 0 Å². The molecular weight excluding hydrogens is 184 g/mol. The third kappa shape index (κ3) is 18.6. The molecule has 0 bridgehead atoms. The fourth-order valence-electron chi connectivity index (χ4n) is 0.752. The third-order valence-electron chi connectivity index (χ3n) is 1.29. The molecule has 0 saturated heterocycles. The van der Waals surface area contributed by atoms with Crippen LogP contribution in [-0.4, -0.2) is 18.3 Å². The van der Waals surface area contributed by atoms with Crippen molar-refractivity contribution in [1.29, 1.82) is 0 Å². The van der Waals surface area contributed by atoms with Crippen LogP contribution in [0, 0.1) is 0 Å². The second-order valence-corrected chi connectivity index (χ2v) is 3.21. The number of carbonyl (C=O) groups is 1. The lowest BCUT2D eigenvalue weighted by Crippen LogP contribution is -2.02. The maximum absolute atomic E-state index is 10.7. The van der Waals surface area contributed by atoms with Gasteiger partial charge in [-0.05, 0) is 19.1 Å². The summed E-state index contributed by atoms with van der Waals surface area (Å²) in [5, 5.41) is 0. The van der Waals surface area contributed by atoms with Gasteiger partial charge in [0.25, 0.3) is 0 Å². The zero-order valence-corrected chi connectivity index (χ0v) is 9.90. The van der Waals surface area contributed by atoms with E-state index in [1.165, 1.54) is 0 Å². The van der Waals surface area contributed by atoms with Crippen LogP contribution in [0.2, 0.25) is 0 Å². The van der Waals surface area contributed by atoms with E-state index in [-0.39, 0.29) is 5.97 Å². The molecule has 0 fully saturated rings. The minimum Gasteiger partial charge on any atom is -0.466 e. The SMILES string of the molecule is CCCCCC(=O)OCC.CCS. The molecular formula is C10H22O2S. The summed E-state index contributed by atoms with van der Waals surface area (Å²) in [6, 6.07) is 0. The highest BCUT2D eigenvalue weighted by Gasteiger charge is 1.98. The topological polar surface area (TPSA) is 26.3 Å². The molecule has 0 aliphatic rings. The van der Waals surface area contributed by atoms with Gasteiger partial charge in [-0.3, -0.25) is 4.79 Å². The van der Waals surface area contributed by atoms with Gasteiger partial charge in [-0.1, -0.05) is 26.7 Å². The van der Waals surface area contributed by atoms with Gasteiger partial charge in [-0.25, -0.2) is 0 Å².